The summed E-state index contributed by atoms with van der Waals surface area (Å²) in [5.74, 6) is 0. The van der Waals surface area contributed by atoms with Crippen molar-refractivity contribution in [3.63, 3.8) is 0 Å². The van der Waals surface area contributed by atoms with Crippen LogP contribution in [0.5, 0.6) is 0 Å². The van der Waals surface area contributed by atoms with Gasteiger partial charge in [0.2, 0.25) is 0 Å². The zero-order chi connectivity index (χ0) is 0. The third kappa shape index (κ3) is 427. The van der Waals surface area contributed by atoms with Crippen LogP contribution in [0.25, 0.3) is 0 Å². The average Bonchev–Trinajstić information content (AvgIpc) is 0. The van der Waals surface area contributed by atoms with Gasteiger partial charge in [0, 0.05) is 0 Å². The molecule has 1 radical (unpaired) electrons. The van der Waals surface area contributed by atoms with Crippen molar-refractivity contribution < 1.29 is 80.1 Å². The Kier molecular flexibility index (Phi) is 32100. The molecule has 16 N–H and O–H groups in total. The molecular formula is H16CoMgO8Zn+6. The van der Waals surface area contributed by atoms with Crippen LogP contribution in [0.4, 0.5) is 0 Å². The van der Waals surface area contributed by atoms with Gasteiger partial charge in [-0.05, 0) is 0 Å². The van der Waals surface area contributed by atoms with Crippen molar-refractivity contribution in [2.45, 2.75) is 0 Å². The van der Waals surface area contributed by atoms with E-state index in [0.717, 1.165) is 0 Å². The number of hydrogen-bond donors (Lipinski definition) is 0. The summed E-state index contributed by atoms with van der Waals surface area (Å²) in [4.78, 5) is 0. The minimum atomic E-state index is 0. The van der Waals surface area contributed by atoms with Crippen LogP contribution in [0.1, 0.15) is 0 Å². The molecule has 0 rings (SSSR count). The molecular weight excluding hydrogens is 277 g/mol. The molecule has 71 valence electrons. The van der Waals surface area contributed by atoms with E-state index >= 15 is 0 Å². The first-order chi connectivity index (χ1) is 0. The minimum absolute atomic E-state index is 0. The second kappa shape index (κ2) is 521. The van der Waals surface area contributed by atoms with E-state index in [1.165, 1.54) is 0 Å². The van der Waals surface area contributed by atoms with E-state index in [0.29, 0.717) is 0 Å². The van der Waals surface area contributed by atoms with Crippen molar-refractivity contribution >= 4 is 23.1 Å². The van der Waals surface area contributed by atoms with Gasteiger partial charge in [0.05, 0.1) is 0 Å². The monoisotopic (exact) mass is 291 g/mol. The van der Waals surface area contributed by atoms with Crippen LogP contribution in [0.3, 0.4) is 0 Å². The Morgan fingerprint density at radius 2 is 0.364 bits per heavy atom. The second-order valence-electron chi connectivity index (χ2n) is 0. The quantitative estimate of drug-likeness (QED) is 0.377. The van der Waals surface area contributed by atoms with Crippen LogP contribution >= 0.6 is 0 Å². The van der Waals surface area contributed by atoms with Crippen molar-refractivity contribution in [3.8, 4) is 0 Å². The number of hydrogen-bond acceptors (Lipinski definition) is 0. The van der Waals surface area contributed by atoms with E-state index in [9.17, 15) is 0 Å². The molecule has 0 aromatic carbocycles. The third-order valence-corrected chi connectivity index (χ3v) is 0. The summed E-state index contributed by atoms with van der Waals surface area (Å²) >= 11 is 0. The average molecular weight is 293 g/mol. The maximum absolute atomic E-state index is 0. The molecule has 0 aromatic heterocycles. The van der Waals surface area contributed by atoms with E-state index in [1.54, 1.807) is 0 Å². The van der Waals surface area contributed by atoms with Gasteiger partial charge in [-0.3, -0.25) is 0 Å². The van der Waals surface area contributed by atoms with Crippen LogP contribution in [-0.4, -0.2) is 66.9 Å². The minimum Gasteiger partial charge on any atom is -0.412 e. The Morgan fingerprint density at radius 1 is 0.364 bits per heavy atom. The predicted octanol–water partition coefficient (Wildman–Crippen LogP) is -6.98. The van der Waals surface area contributed by atoms with Gasteiger partial charge in [-0.1, -0.05) is 0 Å². The zero-order valence-electron chi connectivity index (χ0n) is 5.75. The fraction of sp³-hybridized carbons (Fsp3) is 0. The van der Waals surface area contributed by atoms with E-state index in [-0.39, 0.29) is 103 Å². The third-order valence-electron chi connectivity index (χ3n) is 0. The van der Waals surface area contributed by atoms with Gasteiger partial charge in [0.25, 0.3) is 0 Å². The summed E-state index contributed by atoms with van der Waals surface area (Å²) in [6.07, 6.45) is 0. The number of rotatable bonds is 0. The zero-order valence-corrected chi connectivity index (χ0v) is 11.2. The normalized spacial score (nSPS) is 0. The van der Waals surface area contributed by atoms with Crippen LogP contribution in [0.2, 0.25) is 0 Å². The Labute approximate surface area is 103 Å². The maximum Gasteiger partial charge on any atom is 2.00 e. The van der Waals surface area contributed by atoms with Crippen LogP contribution in [-0.2, 0) is 36.3 Å². The van der Waals surface area contributed by atoms with Gasteiger partial charge in [-0.2, -0.15) is 0 Å². The standard InChI is InChI=1S/Co.Mg.8H2O.Zn/h;;8*1H2;/q2*+2;;;;;;;;;+2. The molecule has 0 bridgehead atoms. The Balaban J connectivity index is 0. The van der Waals surface area contributed by atoms with Gasteiger partial charge < -0.3 is 43.8 Å². The fourth-order valence-electron chi connectivity index (χ4n) is 0. The topological polar surface area (TPSA) is 252 Å². The smallest absolute Gasteiger partial charge is 0.412 e. The molecule has 11 heteroatoms. The van der Waals surface area contributed by atoms with Crippen LogP contribution in [0.15, 0.2) is 0 Å². The molecule has 0 saturated heterocycles. The largest absolute Gasteiger partial charge is 2.00 e. The summed E-state index contributed by atoms with van der Waals surface area (Å²) < 4.78 is 0. The van der Waals surface area contributed by atoms with Crippen molar-refractivity contribution in [1.82, 2.24) is 0 Å². The molecule has 0 unspecified atom stereocenters. The first-order valence-corrected chi connectivity index (χ1v) is 0. The molecule has 0 fully saturated rings. The molecule has 0 heterocycles. The van der Waals surface area contributed by atoms with Crippen molar-refractivity contribution in [2.75, 3.05) is 0 Å². The van der Waals surface area contributed by atoms with Gasteiger partial charge in [-0.15, -0.1) is 0 Å². The Hall–Kier alpha value is 1.58. The summed E-state index contributed by atoms with van der Waals surface area (Å²) in [5.41, 5.74) is 0. The maximum atomic E-state index is 0. The molecule has 8 nitrogen and oxygen atoms in total. The first kappa shape index (κ1) is 678. The summed E-state index contributed by atoms with van der Waals surface area (Å²) in [6.45, 7) is 0. The molecule has 0 aliphatic carbocycles. The predicted molar refractivity (Wildman–Crippen MR) is 34.7 cm³/mol. The van der Waals surface area contributed by atoms with Crippen LogP contribution in [0, 0.1) is 0 Å². The van der Waals surface area contributed by atoms with E-state index in [4.69, 9.17) is 0 Å². The van der Waals surface area contributed by atoms with Gasteiger partial charge in [-0.25, -0.2) is 0 Å². The summed E-state index contributed by atoms with van der Waals surface area (Å²) in [6, 6.07) is 0. The molecule has 0 aromatic rings. The van der Waals surface area contributed by atoms with E-state index < -0.39 is 0 Å². The van der Waals surface area contributed by atoms with Gasteiger partial charge in [0.15, 0.2) is 0 Å². The second-order valence-corrected chi connectivity index (χ2v) is 0. The molecule has 0 saturated carbocycles. The van der Waals surface area contributed by atoms with E-state index in [1.807, 2.05) is 0 Å². The summed E-state index contributed by atoms with van der Waals surface area (Å²) in [7, 11) is 0. The SMILES string of the molecule is O.O.O.O.O.O.O.O.[Co+2].[Mg+2].[Zn+2]. The van der Waals surface area contributed by atoms with Crippen LogP contribution < -0.4 is 0 Å². The first-order valence-electron chi connectivity index (χ1n) is 0. The fourth-order valence-corrected chi connectivity index (χ4v) is 0. The van der Waals surface area contributed by atoms with E-state index in [2.05, 4.69) is 0 Å². The molecule has 0 amide bonds. The Bertz CT molecular complexity index is 14.1. The van der Waals surface area contributed by atoms with Gasteiger partial charge in [0.1, 0.15) is 0 Å². The molecule has 0 aliphatic heterocycles. The summed E-state index contributed by atoms with van der Waals surface area (Å²) in [5, 5.41) is 0. The van der Waals surface area contributed by atoms with Crippen molar-refractivity contribution in [1.29, 1.82) is 0 Å². The Morgan fingerprint density at radius 3 is 0.364 bits per heavy atom. The molecule has 0 aliphatic rings. The molecule has 11 heavy (non-hydrogen) atoms. The molecule has 0 atom stereocenters. The van der Waals surface area contributed by atoms with Gasteiger partial charge >= 0.3 is 59.3 Å². The van der Waals surface area contributed by atoms with Crippen molar-refractivity contribution in [2.24, 2.45) is 0 Å². The molecule has 0 spiro atoms. The van der Waals surface area contributed by atoms with Crippen molar-refractivity contribution in [3.05, 3.63) is 0 Å².